The number of fused-ring (bicyclic) bond motifs is 1. The van der Waals surface area contributed by atoms with Crippen molar-refractivity contribution in [2.24, 2.45) is 5.73 Å². The Morgan fingerprint density at radius 3 is 2.61 bits per heavy atom. The first kappa shape index (κ1) is 19.8. The quantitative estimate of drug-likeness (QED) is 0.832. The fourth-order valence-corrected chi connectivity index (χ4v) is 3.66. The van der Waals surface area contributed by atoms with E-state index in [0.717, 1.165) is 0 Å². The molecule has 0 spiro atoms. The van der Waals surface area contributed by atoms with Gasteiger partial charge in [-0.1, -0.05) is 23.7 Å². The third-order valence-corrected chi connectivity index (χ3v) is 4.81. The minimum atomic E-state index is -0.640. The van der Waals surface area contributed by atoms with Crippen molar-refractivity contribution in [2.45, 2.75) is 39.5 Å². The highest BCUT2D eigenvalue weighted by molar-refractivity contribution is 6.33. The summed E-state index contributed by atoms with van der Waals surface area (Å²) in [6, 6.07) is 8.89. The maximum absolute atomic E-state index is 12.5. The van der Waals surface area contributed by atoms with Crippen molar-refractivity contribution in [3.8, 4) is 17.2 Å². The molecule has 1 aliphatic heterocycles. The average Bonchev–Trinajstić information content (AvgIpc) is 2.92. The van der Waals surface area contributed by atoms with Gasteiger partial charge >= 0.3 is 6.09 Å². The second-order valence-corrected chi connectivity index (χ2v) is 7.96. The Labute approximate surface area is 168 Å². The van der Waals surface area contributed by atoms with Crippen LogP contribution in [0.2, 0.25) is 5.15 Å². The van der Waals surface area contributed by atoms with Crippen LogP contribution in [0.4, 0.5) is 4.79 Å². The first-order chi connectivity index (χ1) is 13.1. The molecule has 2 heterocycles. The summed E-state index contributed by atoms with van der Waals surface area (Å²) in [6.45, 7) is 6.35. The molecule has 0 radical (unpaired) electrons. The fraction of sp³-hybridized carbons (Fsp3) is 0.350. The zero-order valence-electron chi connectivity index (χ0n) is 16.0. The molecule has 0 bridgehead atoms. The second kappa shape index (κ2) is 7.21. The van der Waals surface area contributed by atoms with Gasteiger partial charge in [0, 0.05) is 18.7 Å². The summed E-state index contributed by atoms with van der Waals surface area (Å²) in [6.07, 6.45) is -0.459. The van der Waals surface area contributed by atoms with E-state index in [4.69, 9.17) is 27.3 Å². The summed E-state index contributed by atoms with van der Waals surface area (Å²) in [5, 5.41) is 9.53. The van der Waals surface area contributed by atoms with Gasteiger partial charge < -0.3 is 19.9 Å². The van der Waals surface area contributed by atoms with E-state index < -0.39 is 17.6 Å². The van der Waals surface area contributed by atoms with Crippen molar-refractivity contribution in [1.29, 1.82) is 5.26 Å². The SMILES string of the molecule is CC(C)(C)OC(=O)N1CCn2c(Cl)c(-c3cccc(C#N)c3)c(C(N)=O)c2C1. The Morgan fingerprint density at radius 2 is 2.00 bits per heavy atom. The Kier molecular flexibility index (Phi) is 5.09. The number of amides is 2. The van der Waals surface area contributed by atoms with Crippen LogP contribution < -0.4 is 5.73 Å². The first-order valence-corrected chi connectivity index (χ1v) is 9.19. The molecular weight excluding hydrogens is 380 g/mol. The van der Waals surface area contributed by atoms with Gasteiger partial charge in [0.2, 0.25) is 0 Å². The molecule has 3 rings (SSSR count). The molecule has 2 aromatic rings. The molecule has 0 saturated heterocycles. The standard InChI is InChI=1S/C20H21ClN4O3/c1-20(2,3)28-19(27)24-7-8-25-14(11-24)16(18(23)26)15(17(25)21)13-6-4-5-12(9-13)10-22/h4-6,9H,7-8,11H2,1-3H3,(H2,23,26). The van der Waals surface area contributed by atoms with Crippen molar-refractivity contribution >= 4 is 23.6 Å². The number of hydrogen-bond donors (Lipinski definition) is 1. The summed E-state index contributed by atoms with van der Waals surface area (Å²) >= 11 is 6.59. The lowest BCUT2D eigenvalue weighted by Gasteiger charge is -2.31. The molecule has 0 fully saturated rings. The van der Waals surface area contributed by atoms with E-state index in [2.05, 4.69) is 6.07 Å². The summed E-state index contributed by atoms with van der Waals surface area (Å²) in [5.41, 5.74) is 7.43. The van der Waals surface area contributed by atoms with Crippen molar-refractivity contribution in [3.63, 3.8) is 0 Å². The van der Waals surface area contributed by atoms with Crippen LogP contribution in [0.15, 0.2) is 24.3 Å². The minimum Gasteiger partial charge on any atom is -0.444 e. The summed E-state index contributed by atoms with van der Waals surface area (Å²) in [7, 11) is 0. The maximum Gasteiger partial charge on any atom is 0.410 e. The Hall–Kier alpha value is -2.98. The van der Waals surface area contributed by atoms with Crippen molar-refractivity contribution < 1.29 is 14.3 Å². The number of nitrogens with zero attached hydrogens (tertiary/aromatic N) is 3. The topological polar surface area (TPSA) is 101 Å². The van der Waals surface area contributed by atoms with E-state index >= 15 is 0 Å². The third-order valence-electron chi connectivity index (χ3n) is 4.42. The zero-order chi connectivity index (χ0) is 20.6. The Morgan fingerprint density at radius 1 is 1.29 bits per heavy atom. The molecule has 0 aliphatic carbocycles. The molecule has 0 atom stereocenters. The number of ether oxygens (including phenoxy) is 1. The van der Waals surface area contributed by atoms with Gasteiger partial charge in [-0.05, 0) is 38.5 Å². The highest BCUT2D eigenvalue weighted by Crippen LogP contribution is 2.38. The first-order valence-electron chi connectivity index (χ1n) is 8.81. The van der Waals surface area contributed by atoms with Gasteiger partial charge in [-0.3, -0.25) is 4.79 Å². The van der Waals surface area contributed by atoms with Crippen LogP contribution in [0.3, 0.4) is 0 Å². The molecule has 2 amide bonds. The van der Waals surface area contributed by atoms with Crippen LogP contribution in [0.5, 0.6) is 0 Å². The number of hydrogen-bond acceptors (Lipinski definition) is 4. The lowest BCUT2D eigenvalue weighted by atomic mass is 10.0. The zero-order valence-corrected chi connectivity index (χ0v) is 16.7. The molecule has 1 aromatic heterocycles. The van der Waals surface area contributed by atoms with Crippen LogP contribution in [0, 0.1) is 11.3 Å². The van der Waals surface area contributed by atoms with Crippen LogP contribution in [0.1, 0.15) is 42.4 Å². The number of halogens is 1. The van der Waals surface area contributed by atoms with Gasteiger partial charge in [-0.15, -0.1) is 0 Å². The number of nitrogens with two attached hydrogens (primary N) is 1. The van der Waals surface area contributed by atoms with Gasteiger partial charge in [0.1, 0.15) is 10.8 Å². The summed E-state index contributed by atoms with van der Waals surface area (Å²) < 4.78 is 7.23. The third kappa shape index (κ3) is 3.69. The van der Waals surface area contributed by atoms with Gasteiger partial charge in [-0.25, -0.2) is 4.79 Å². The molecule has 28 heavy (non-hydrogen) atoms. The normalized spacial score (nSPS) is 13.6. The van der Waals surface area contributed by atoms with Crippen molar-refractivity contribution in [3.05, 3.63) is 46.2 Å². The number of carbonyl (C=O) groups is 2. The number of nitriles is 1. The number of primary amides is 1. The van der Waals surface area contributed by atoms with Gasteiger partial charge in [0.25, 0.3) is 5.91 Å². The molecule has 0 saturated carbocycles. The van der Waals surface area contributed by atoms with Crippen molar-refractivity contribution in [2.75, 3.05) is 6.54 Å². The molecule has 1 aliphatic rings. The molecule has 0 unspecified atom stereocenters. The molecule has 8 heteroatoms. The van der Waals surface area contributed by atoms with Gasteiger partial charge in [-0.2, -0.15) is 5.26 Å². The van der Waals surface area contributed by atoms with Gasteiger partial charge in [0.05, 0.1) is 29.4 Å². The number of carbonyl (C=O) groups excluding carboxylic acids is 2. The van der Waals surface area contributed by atoms with E-state index in [1.54, 1.807) is 49.6 Å². The Balaban J connectivity index is 2.07. The van der Waals surface area contributed by atoms with Crippen LogP contribution in [-0.4, -0.2) is 33.6 Å². The number of benzene rings is 1. The van der Waals surface area contributed by atoms with Crippen LogP contribution in [0.25, 0.3) is 11.1 Å². The fourth-order valence-electron chi connectivity index (χ4n) is 3.27. The minimum absolute atomic E-state index is 0.158. The largest absolute Gasteiger partial charge is 0.444 e. The second-order valence-electron chi connectivity index (χ2n) is 7.60. The predicted octanol–water partition coefficient (Wildman–Crippen LogP) is 3.53. The van der Waals surface area contributed by atoms with E-state index in [9.17, 15) is 9.59 Å². The molecule has 1 aromatic carbocycles. The maximum atomic E-state index is 12.5. The lowest BCUT2D eigenvalue weighted by molar-refractivity contribution is 0.0198. The van der Waals surface area contributed by atoms with Crippen LogP contribution >= 0.6 is 11.6 Å². The average molecular weight is 401 g/mol. The predicted molar refractivity (Wildman–Crippen MR) is 105 cm³/mol. The van der Waals surface area contributed by atoms with E-state index in [1.165, 1.54) is 4.90 Å². The molecule has 146 valence electrons. The lowest BCUT2D eigenvalue weighted by Crippen LogP contribution is -2.42. The van der Waals surface area contributed by atoms with Gasteiger partial charge in [0.15, 0.2) is 0 Å². The number of aromatic nitrogens is 1. The highest BCUT2D eigenvalue weighted by atomic mass is 35.5. The smallest absolute Gasteiger partial charge is 0.410 e. The van der Waals surface area contributed by atoms with E-state index in [1.807, 2.05) is 0 Å². The molecular formula is C20H21ClN4O3. The number of rotatable bonds is 2. The van der Waals surface area contributed by atoms with Crippen molar-refractivity contribution in [1.82, 2.24) is 9.47 Å². The van der Waals surface area contributed by atoms with Crippen LogP contribution in [-0.2, 0) is 17.8 Å². The van der Waals surface area contributed by atoms with E-state index in [0.29, 0.717) is 40.6 Å². The summed E-state index contributed by atoms with van der Waals surface area (Å²) in [4.78, 5) is 26.3. The monoisotopic (exact) mass is 400 g/mol. The highest BCUT2D eigenvalue weighted by Gasteiger charge is 2.33. The Bertz CT molecular complexity index is 998. The summed E-state index contributed by atoms with van der Waals surface area (Å²) in [5.74, 6) is -0.640. The van der Waals surface area contributed by atoms with E-state index in [-0.39, 0.29) is 12.1 Å². The molecule has 2 N–H and O–H groups in total. The molecule has 7 nitrogen and oxygen atoms in total.